The summed E-state index contributed by atoms with van der Waals surface area (Å²) in [7, 11) is 0. The van der Waals surface area contributed by atoms with Crippen LogP contribution in [0.25, 0.3) is 0 Å². The number of amides is 1. The van der Waals surface area contributed by atoms with E-state index in [4.69, 9.17) is 4.74 Å². The van der Waals surface area contributed by atoms with Gasteiger partial charge in [-0.1, -0.05) is 42.5 Å². The van der Waals surface area contributed by atoms with E-state index in [1.807, 2.05) is 36.4 Å². The van der Waals surface area contributed by atoms with Crippen molar-refractivity contribution in [3.05, 3.63) is 82.6 Å². The van der Waals surface area contributed by atoms with Gasteiger partial charge in [-0.25, -0.2) is 0 Å². The van der Waals surface area contributed by atoms with Crippen LogP contribution in [0, 0.1) is 0 Å². The predicted octanol–water partition coefficient (Wildman–Crippen LogP) is 3.63. The SMILES string of the molecule is O=C(CC1(O)C(=O)N(CCOc2ccccc2)c2ccccc21)c1cccs1. The van der Waals surface area contributed by atoms with Gasteiger partial charge in [0, 0.05) is 5.56 Å². The molecular formula is C22H19NO4S. The Hall–Kier alpha value is -2.96. The second-order valence-corrected chi connectivity index (χ2v) is 7.52. The van der Waals surface area contributed by atoms with E-state index in [9.17, 15) is 14.7 Å². The van der Waals surface area contributed by atoms with E-state index in [2.05, 4.69) is 0 Å². The molecule has 6 heteroatoms. The minimum atomic E-state index is -1.86. The maximum Gasteiger partial charge on any atom is 0.264 e. The number of anilines is 1. The van der Waals surface area contributed by atoms with Gasteiger partial charge in [0.1, 0.15) is 12.4 Å². The molecule has 0 bridgehead atoms. The average molecular weight is 393 g/mol. The molecule has 1 aliphatic rings. The van der Waals surface area contributed by atoms with Gasteiger partial charge in [-0.05, 0) is 29.6 Å². The second kappa shape index (κ2) is 7.58. The van der Waals surface area contributed by atoms with Gasteiger partial charge in [-0.15, -0.1) is 11.3 Å². The number of Topliss-reactive ketones (excluding diaryl/α,β-unsaturated/α-hetero) is 1. The number of benzene rings is 2. The largest absolute Gasteiger partial charge is 0.492 e. The van der Waals surface area contributed by atoms with Crippen molar-refractivity contribution < 1.29 is 19.4 Å². The first-order valence-corrected chi connectivity index (χ1v) is 9.86. The Morgan fingerprint density at radius 1 is 1.04 bits per heavy atom. The van der Waals surface area contributed by atoms with Crippen molar-refractivity contribution in [3.63, 3.8) is 0 Å². The van der Waals surface area contributed by atoms with Crippen molar-refractivity contribution in [1.82, 2.24) is 0 Å². The first-order chi connectivity index (χ1) is 13.6. The number of nitrogens with zero attached hydrogens (tertiary/aromatic N) is 1. The first kappa shape index (κ1) is 18.4. The zero-order valence-electron chi connectivity index (χ0n) is 15.1. The molecule has 0 radical (unpaired) electrons. The van der Waals surface area contributed by atoms with Crippen LogP contribution >= 0.6 is 11.3 Å². The summed E-state index contributed by atoms with van der Waals surface area (Å²) in [6.45, 7) is 0.555. The van der Waals surface area contributed by atoms with Crippen molar-refractivity contribution in [2.75, 3.05) is 18.1 Å². The number of para-hydroxylation sites is 2. The summed E-state index contributed by atoms with van der Waals surface area (Å²) in [5.41, 5.74) is -0.778. The van der Waals surface area contributed by atoms with Gasteiger partial charge in [0.2, 0.25) is 0 Å². The summed E-state index contributed by atoms with van der Waals surface area (Å²) < 4.78 is 5.70. The molecule has 0 aliphatic carbocycles. The molecule has 1 amide bonds. The first-order valence-electron chi connectivity index (χ1n) is 8.98. The Balaban J connectivity index is 1.54. The molecule has 1 N–H and O–H groups in total. The number of aliphatic hydroxyl groups is 1. The summed E-state index contributed by atoms with van der Waals surface area (Å²) in [6, 6.07) is 19.9. The molecule has 28 heavy (non-hydrogen) atoms. The number of carbonyl (C=O) groups excluding carboxylic acids is 2. The maximum atomic E-state index is 13.1. The molecule has 0 spiro atoms. The lowest BCUT2D eigenvalue weighted by Gasteiger charge is -2.22. The number of thiophene rings is 1. The molecule has 0 fully saturated rings. The van der Waals surface area contributed by atoms with Crippen LogP contribution in [-0.4, -0.2) is 29.9 Å². The van der Waals surface area contributed by atoms with E-state index >= 15 is 0 Å². The minimum Gasteiger partial charge on any atom is -0.492 e. The Labute approximate surface area is 166 Å². The fourth-order valence-electron chi connectivity index (χ4n) is 3.43. The molecule has 2 aromatic carbocycles. The number of carbonyl (C=O) groups is 2. The summed E-state index contributed by atoms with van der Waals surface area (Å²) in [5, 5.41) is 13.0. The lowest BCUT2D eigenvalue weighted by atomic mass is 9.89. The monoisotopic (exact) mass is 393 g/mol. The molecule has 5 nitrogen and oxygen atoms in total. The standard InChI is InChI=1S/C22H19NO4S/c24-19(20-11-6-14-28-20)15-22(26)17-9-4-5-10-18(17)23(21(22)25)12-13-27-16-7-2-1-3-8-16/h1-11,14,26H,12-13,15H2. The third kappa shape index (κ3) is 3.32. The predicted molar refractivity (Wildman–Crippen MR) is 108 cm³/mol. The van der Waals surface area contributed by atoms with E-state index < -0.39 is 11.5 Å². The smallest absolute Gasteiger partial charge is 0.264 e. The van der Waals surface area contributed by atoms with Gasteiger partial charge in [-0.3, -0.25) is 9.59 Å². The average Bonchev–Trinajstić information content (AvgIpc) is 3.32. The zero-order chi connectivity index (χ0) is 19.6. The molecule has 1 atom stereocenters. The lowest BCUT2D eigenvalue weighted by molar-refractivity contribution is -0.135. The van der Waals surface area contributed by atoms with Gasteiger partial charge in [0.05, 0.1) is 23.5 Å². The molecule has 0 saturated carbocycles. The summed E-state index contributed by atoms with van der Waals surface area (Å²) >= 11 is 1.30. The summed E-state index contributed by atoms with van der Waals surface area (Å²) in [6.07, 6.45) is -0.278. The molecule has 142 valence electrons. The van der Waals surface area contributed by atoms with Gasteiger partial charge in [-0.2, -0.15) is 0 Å². The van der Waals surface area contributed by atoms with Crippen LogP contribution in [0.2, 0.25) is 0 Å². The van der Waals surface area contributed by atoms with Gasteiger partial charge in [0.15, 0.2) is 11.4 Å². The number of ether oxygens (including phenoxy) is 1. The quantitative estimate of drug-likeness (QED) is 0.623. The normalized spacial score (nSPS) is 18.2. The van der Waals surface area contributed by atoms with E-state index in [1.54, 1.807) is 35.7 Å². The fourth-order valence-corrected chi connectivity index (χ4v) is 4.09. The Morgan fingerprint density at radius 2 is 1.79 bits per heavy atom. The minimum absolute atomic E-state index is 0.247. The van der Waals surface area contributed by atoms with Crippen molar-refractivity contribution in [1.29, 1.82) is 0 Å². The van der Waals surface area contributed by atoms with E-state index in [0.29, 0.717) is 21.9 Å². The van der Waals surface area contributed by atoms with Gasteiger partial charge < -0.3 is 14.7 Å². The van der Waals surface area contributed by atoms with Crippen LogP contribution in [0.3, 0.4) is 0 Å². The Bertz CT molecular complexity index is 987. The molecule has 3 aromatic rings. The molecule has 1 unspecified atom stereocenters. The van der Waals surface area contributed by atoms with Crippen molar-refractivity contribution in [2.24, 2.45) is 0 Å². The lowest BCUT2D eigenvalue weighted by Crippen LogP contribution is -2.43. The fraction of sp³-hybridized carbons (Fsp3) is 0.182. The summed E-state index contributed by atoms with van der Waals surface area (Å²) in [4.78, 5) is 27.7. The van der Waals surface area contributed by atoms with E-state index in [0.717, 1.165) is 0 Å². The number of rotatable bonds is 7. The van der Waals surface area contributed by atoms with Gasteiger partial charge in [0.25, 0.3) is 5.91 Å². The van der Waals surface area contributed by atoms with E-state index in [1.165, 1.54) is 16.2 Å². The number of hydrogen-bond acceptors (Lipinski definition) is 5. The highest BCUT2D eigenvalue weighted by Crippen LogP contribution is 2.42. The Morgan fingerprint density at radius 3 is 2.54 bits per heavy atom. The van der Waals surface area contributed by atoms with Crippen molar-refractivity contribution in [2.45, 2.75) is 12.0 Å². The van der Waals surface area contributed by atoms with Crippen LogP contribution in [0.4, 0.5) is 5.69 Å². The molecule has 4 rings (SSSR count). The van der Waals surface area contributed by atoms with Crippen LogP contribution in [0.1, 0.15) is 21.7 Å². The number of ketones is 1. The van der Waals surface area contributed by atoms with Crippen LogP contribution in [-0.2, 0) is 10.4 Å². The topological polar surface area (TPSA) is 66.8 Å². The van der Waals surface area contributed by atoms with Crippen molar-refractivity contribution >= 4 is 28.7 Å². The number of fused-ring (bicyclic) bond motifs is 1. The second-order valence-electron chi connectivity index (χ2n) is 6.57. The van der Waals surface area contributed by atoms with Crippen molar-refractivity contribution in [3.8, 4) is 5.75 Å². The molecule has 2 heterocycles. The Kier molecular flexibility index (Phi) is 4.98. The maximum absolute atomic E-state index is 13.1. The third-order valence-corrected chi connectivity index (χ3v) is 5.69. The molecular weight excluding hydrogens is 374 g/mol. The molecule has 1 aromatic heterocycles. The van der Waals surface area contributed by atoms with Crippen LogP contribution in [0.5, 0.6) is 5.75 Å². The highest BCUT2D eigenvalue weighted by atomic mass is 32.1. The molecule has 0 saturated heterocycles. The zero-order valence-corrected chi connectivity index (χ0v) is 15.9. The summed E-state index contributed by atoms with van der Waals surface area (Å²) in [5.74, 6) is -0.0242. The highest BCUT2D eigenvalue weighted by molar-refractivity contribution is 7.12. The van der Waals surface area contributed by atoms with Crippen LogP contribution < -0.4 is 9.64 Å². The van der Waals surface area contributed by atoms with Gasteiger partial charge >= 0.3 is 0 Å². The molecule has 1 aliphatic heterocycles. The van der Waals surface area contributed by atoms with Crippen LogP contribution in [0.15, 0.2) is 72.1 Å². The van der Waals surface area contributed by atoms with E-state index in [-0.39, 0.29) is 25.4 Å². The number of hydrogen-bond donors (Lipinski definition) is 1. The third-order valence-electron chi connectivity index (χ3n) is 4.78. The highest BCUT2D eigenvalue weighted by Gasteiger charge is 2.50.